The highest BCUT2D eigenvalue weighted by Crippen LogP contribution is 2.35. The van der Waals surface area contributed by atoms with Crippen LogP contribution in [0.15, 0.2) is 47.6 Å². The number of carbonyl (C=O) groups excluding carboxylic acids is 2. The summed E-state index contributed by atoms with van der Waals surface area (Å²) in [5.41, 5.74) is 2.59. The predicted octanol–water partition coefficient (Wildman–Crippen LogP) is 3.17. The monoisotopic (exact) mass is 362 g/mol. The predicted molar refractivity (Wildman–Crippen MR) is 98.7 cm³/mol. The van der Waals surface area contributed by atoms with Crippen LogP contribution in [0.5, 0.6) is 0 Å². The van der Waals surface area contributed by atoms with E-state index in [1.54, 1.807) is 24.3 Å². The summed E-state index contributed by atoms with van der Waals surface area (Å²) in [6.45, 7) is 1.82. The van der Waals surface area contributed by atoms with Crippen molar-refractivity contribution in [3.63, 3.8) is 0 Å². The number of fused-ring (bicyclic) bond motifs is 1. The van der Waals surface area contributed by atoms with Crippen molar-refractivity contribution >= 4 is 40.2 Å². The van der Waals surface area contributed by atoms with E-state index in [9.17, 15) is 14.9 Å². The van der Waals surface area contributed by atoms with Gasteiger partial charge in [-0.1, -0.05) is 17.8 Å². The molecule has 1 saturated heterocycles. The van der Waals surface area contributed by atoms with Gasteiger partial charge in [0, 0.05) is 23.8 Å². The van der Waals surface area contributed by atoms with E-state index >= 15 is 0 Å². The van der Waals surface area contributed by atoms with E-state index in [4.69, 9.17) is 0 Å². The molecule has 2 amide bonds. The lowest BCUT2D eigenvalue weighted by molar-refractivity contribution is -0.121. The first-order valence-electron chi connectivity index (χ1n) is 8.05. The highest BCUT2D eigenvalue weighted by molar-refractivity contribution is 8.00. The van der Waals surface area contributed by atoms with Crippen LogP contribution in [0.3, 0.4) is 0 Å². The van der Waals surface area contributed by atoms with Crippen molar-refractivity contribution in [1.82, 2.24) is 9.97 Å². The first kappa shape index (κ1) is 16.4. The molecule has 2 aromatic heterocycles. The molecule has 1 unspecified atom stereocenters. The molecule has 3 aromatic rings. The number of nitrogens with one attached hydrogen (secondary N) is 1. The summed E-state index contributed by atoms with van der Waals surface area (Å²) in [5.74, 6) is -0.525. The highest BCUT2D eigenvalue weighted by Gasteiger charge is 2.40. The van der Waals surface area contributed by atoms with Crippen LogP contribution in [0.2, 0.25) is 0 Å². The molecule has 1 fully saturated rings. The smallest absolute Gasteiger partial charge is 0.247 e. The molecule has 26 heavy (non-hydrogen) atoms. The van der Waals surface area contributed by atoms with Gasteiger partial charge in [-0.25, -0.2) is 9.88 Å². The van der Waals surface area contributed by atoms with Crippen LogP contribution >= 0.6 is 11.8 Å². The van der Waals surface area contributed by atoms with Gasteiger partial charge in [0.2, 0.25) is 11.8 Å². The maximum Gasteiger partial charge on any atom is 0.247 e. The van der Waals surface area contributed by atoms with Gasteiger partial charge in [-0.05, 0) is 42.6 Å². The number of nitrogens with zero attached hydrogens (tertiary/aromatic N) is 3. The van der Waals surface area contributed by atoms with Gasteiger partial charge in [0.05, 0.1) is 16.5 Å². The lowest BCUT2D eigenvalue weighted by Crippen LogP contribution is -2.31. The average Bonchev–Trinajstić information content (AvgIpc) is 3.19. The van der Waals surface area contributed by atoms with Crippen molar-refractivity contribution in [2.24, 2.45) is 0 Å². The topological polar surface area (TPSA) is 89.9 Å². The minimum atomic E-state index is -0.580. The van der Waals surface area contributed by atoms with E-state index in [2.05, 4.69) is 16.0 Å². The van der Waals surface area contributed by atoms with Crippen LogP contribution in [-0.2, 0) is 9.59 Å². The third-order valence-electron chi connectivity index (χ3n) is 4.28. The van der Waals surface area contributed by atoms with Crippen molar-refractivity contribution in [2.45, 2.75) is 23.6 Å². The van der Waals surface area contributed by atoms with Crippen molar-refractivity contribution in [1.29, 1.82) is 5.26 Å². The van der Waals surface area contributed by atoms with Crippen LogP contribution in [0.1, 0.15) is 17.7 Å². The van der Waals surface area contributed by atoms with Crippen LogP contribution in [0.4, 0.5) is 5.69 Å². The summed E-state index contributed by atoms with van der Waals surface area (Å²) >= 11 is 1.18. The average molecular weight is 362 g/mol. The number of benzene rings is 1. The Hall–Kier alpha value is -3.11. The molecular weight excluding hydrogens is 348 g/mol. The number of carbonyl (C=O) groups is 2. The third kappa shape index (κ3) is 2.74. The molecule has 1 aromatic carbocycles. The number of H-pyrrole nitrogens is 1. The Morgan fingerprint density at radius 1 is 1.27 bits per heavy atom. The molecule has 1 atom stereocenters. The van der Waals surface area contributed by atoms with E-state index in [0.717, 1.165) is 16.6 Å². The summed E-state index contributed by atoms with van der Waals surface area (Å²) in [6.07, 6.45) is 1.90. The first-order chi connectivity index (χ1) is 12.6. The summed E-state index contributed by atoms with van der Waals surface area (Å²) in [4.78, 5) is 34.0. The first-order valence-corrected chi connectivity index (χ1v) is 8.93. The minimum Gasteiger partial charge on any atom is -0.361 e. The summed E-state index contributed by atoms with van der Waals surface area (Å²) < 4.78 is 0. The molecule has 0 radical (unpaired) electrons. The Labute approximate surface area is 153 Å². The fourth-order valence-electron chi connectivity index (χ4n) is 2.98. The van der Waals surface area contributed by atoms with Crippen molar-refractivity contribution in [2.75, 3.05) is 4.90 Å². The number of thioether (sulfide) groups is 1. The number of aromatic amines is 1. The lowest BCUT2D eigenvalue weighted by atomic mass is 10.2. The molecule has 7 heteroatoms. The maximum absolute atomic E-state index is 12.8. The zero-order chi connectivity index (χ0) is 18.3. The molecule has 0 aliphatic carbocycles. The SMILES string of the molecule is Cc1ccc(C#N)c(SC2CC(=O)N(c3ccc4cc[nH]c4c3)C2=O)n1. The van der Waals surface area contributed by atoms with Gasteiger partial charge >= 0.3 is 0 Å². The van der Waals surface area contributed by atoms with Gasteiger partial charge in [0.15, 0.2) is 0 Å². The van der Waals surface area contributed by atoms with Crippen molar-refractivity contribution in [3.05, 3.63) is 53.9 Å². The van der Waals surface area contributed by atoms with E-state index < -0.39 is 5.25 Å². The number of hydrogen-bond donors (Lipinski definition) is 1. The number of anilines is 1. The summed E-state index contributed by atoms with van der Waals surface area (Å²) in [6, 6.07) is 12.9. The van der Waals surface area contributed by atoms with Crippen molar-refractivity contribution < 1.29 is 9.59 Å². The second-order valence-corrected chi connectivity index (χ2v) is 7.24. The van der Waals surface area contributed by atoms with E-state index in [0.29, 0.717) is 16.3 Å². The molecule has 1 N–H and O–H groups in total. The van der Waals surface area contributed by atoms with Crippen LogP contribution in [0.25, 0.3) is 10.9 Å². The van der Waals surface area contributed by atoms with Gasteiger partial charge in [-0.3, -0.25) is 9.59 Å². The number of pyridine rings is 1. The minimum absolute atomic E-state index is 0.0900. The molecule has 0 saturated carbocycles. The van der Waals surface area contributed by atoms with Crippen LogP contribution in [-0.4, -0.2) is 27.0 Å². The summed E-state index contributed by atoms with van der Waals surface area (Å²) in [5, 5.41) is 10.2. The fraction of sp³-hybridized carbons (Fsp3) is 0.158. The Balaban J connectivity index is 1.63. The number of aryl methyl sites for hydroxylation is 1. The fourth-order valence-corrected chi connectivity index (χ4v) is 4.12. The molecule has 128 valence electrons. The second kappa shape index (κ2) is 6.32. The number of amides is 2. The molecule has 0 bridgehead atoms. The van der Waals surface area contributed by atoms with Gasteiger partial charge in [-0.2, -0.15) is 5.26 Å². The largest absolute Gasteiger partial charge is 0.361 e. The number of hydrogen-bond acceptors (Lipinski definition) is 5. The number of rotatable bonds is 3. The van der Waals surface area contributed by atoms with Gasteiger partial charge in [0.25, 0.3) is 0 Å². The number of imide groups is 1. The van der Waals surface area contributed by atoms with Gasteiger partial charge < -0.3 is 4.98 Å². The maximum atomic E-state index is 12.8. The van der Waals surface area contributed by atoms with E-state index in [1.807, 2.05) is 25.3 Å². The Bertz CT molecular complexity index is 1080. The molecule has 3 heterocycles. The molecular formula is C19H14N4O2S. The van der Waals surface area contributed by atoms with Gasteiger partial charge in [-0.15, -0.1) is 0 Å². The Morgan fingerprint density at radius 3 is 2.92 bits per heavy atom. The summed E-state index contributed by atoms with van der Waals surface area (Å²) in [7, 11) is 0. The van der Waals surface area contributed by atoms with Crippen molar-refractivity contribution in [3.8, 4) is 6.07 Å². The normalized spacial score (nSPS) is 17.1. The zero-order valence-corrected chi connectivity index (χ0v) is 14.7. The van der Waals surface area contributed by atoms with Crippen LogP contribution in [0, 0.1) is 18.3 Å². The standard InChI is InChI=1S/C19H14N4O2S/c1-11-2-3-13(10-20)18(22-11)26-16-9-17(24)23(19(16)25)14-5-4-12-6-7-21-15(12)8-14/h2-8,16,21H,9H2,1H3. The lowest BCUT2D eigenvalue weighted by Gasteiger charge is -2.15. The second-order valence-electron chi connectivity index (χ2n) is 6.04. The Morgan fingerprint density at radius 2 is 2.12 bits per heavy atom. The number of aromatic nitrogens is 2. The molecule has 4 rings (SSSR count). The molecule has 0 spiro atoms. The number of nitriles is 1. The quantitative estimate of drug-likeness (QED) is 0.723. The van der Waals surface area contributed by atoms with E-state index in [-0.39, 0.29) is 18.2 Å². The third-order valence-corrected chi connectivity index (χ3v) is 5.46. The zero-order valence-electron chi connectivity index (χ0n) is 13.9. The van der Waals surface area contributed by atoms with E-state index in [1.165, 1.54) is 16.7 Å². The Kier molecular flexibility index (Phi) is 3.98. The molecule has 1 aliphatic heterocycles. The molecule has 6 nitrogen and oxygen atoms in total. The highest BCUT2D eigenvalue weighted by atomic mass is 32.2. The van der Waals surface area contributed by atoms with Crippen LogP contribution < -0.4 is 4.90 Å². The molecule has 1 aliphatic rings. The van der Waals surface area contributed by atoms with Gasteiger partial charge in [0.1, 0.15) is 11.1 Å².